The van der Waals surface area contributed by atoms with E-state index in [1.165, 1.54) is 0 Å². The number of nitrogens with one attached hydrogen (secondary N) is 1. The van der Waals surface area contributed by atoms with Gasteiger partial charge in [0.2, 0.25) is 15.9 Å². The van der Waals surface area contributed by atoms with Gasteiger partial charge >= 0.3 is 0 Å². The summed E-state index contributed by atoms with van der Waals surface area (Å²) in [5, 5.41) is 0. The van der Waals surface area contributed by atoms with Crippen LogP contribution in [0.3, 0.4) is 0 Å². The lowest BCUT2D eigenvalue weighted by atomic mass is 10.2. The second-order valence-electron chi connectivity index (χ2n) is 5.00. The third kappa shape index (κ3) is 6.70. The summed E-state index contributed by atoms with van der Waals surface area (Å²) < 4.78 is 24.8. The highest BCUT2D eigenvalue weighted by molar-refractivity contribution is 7.88. The summed E-state index contributed by atoms with van der Waals surface area (Å²) in [6, 6.07) is 8.78. The normalized spacial score (nSPS) is 12.9. The topological polar surface area (TPSA) is 92.5 Å². The highest BCUT2D eigenvalue weighted by atomic mass is 32.2. The summed E-state index contributed by atoms with van der Waals surface area (Å²) in [6.45, 7) is 2.96. The summed E-state index contributed by atoms with van der Waals surface area (Å²) in [6.07, 6.45) is 1.71. The first-order valence-corrected chi connectivity index (χ1v) is 8.72. The molecule has 0 radical (unpaired) electrons. The largest absolute Gasteiger partial charge is 0.337 e. The summed E-state index contributed by atoms with van der Waals surface area (Å²) in [7, 11) is -3.42. The number of carbonyl (C=O) groups excluding carboxylic acids is 1. The molecule has 1 aromatic carbocycles. The zero-order valence-electron chi connectivity index (χ0n) is 12.5. The maximum atomic E-state index is 12.4. The fraction of sp³-hybridized carbons (Fsp3) is 0.500. The Bertz CT molecular complexity index is 546. The molecule has 0 heterocycles. The third-order valence-electron chi connectivity index (χ3n) is 2.92. The van der Waals surface area contributed by atoms with Gasteiger partial charge in [0.1, 0.15) is 0 Å². The quantitative estimate of drug-likeness (QED) is 0.722. The smallest absolute Gasteiger partial charge is 0.240 e. The Kier molecular flexibility index (Phi) is 6.80. The molecular formula is C14H23N3O3S. The van der Waals surface area contributed by atoms with E-state index in [1.807, 2.05) is 30.3 Å². The van der Waals surface area contributed by atoms with E-state index in [0.29, 0.717) is 26.1 Å². The fourth-order valence-corrected chi connectivity index (χ4v) is 2.74. The molecule has 1 unspecified atom stereocenters. The zero-order valence-corrected chi connectivity index (χ0v) is 13.3. The second kappa shape index (κ2) is 8.11. The van der Waals surface area contributed by atoms with Crippen molar-refractivity contribution in [2.75, 3.05) is 19.3 Å². The predicted octanol–water partition coefficient (Wildman–Crippen LogP) is 0.302. The van der Waals surface area contributed by atoms with Gasteiger partial charge in [-0.25, -0.2) is 13.1 Å². The van der Waals surface area contributed by atoms with Crippen molar-refractivity contribution in [3.8, 4) is 0 Å². The molecule has 0 aliphatic rings. The fourth-order valence-electron chi connectivity index (χ4n) is 2.00. The Labute approximate surface area is 126 Å². The number of amides is 1. The molecule has 1 rings (SSSR count). The van der Waals surface area contributed by atoms with Crippen molar-refractivity contribution in [3.63, 3.8) is 0 Å². The monoisotopic (exact) mass is 313 g/mol. The van der Waals surface area contributed by atoms with Crippen LogP contribution in [0, 0.1) is 0 Å². The van der Waals surface area contributed by atoms with Crippen molar-refractivity contribution >= 4 is 15.9 Å². The van der Waals surface area contributed by atoms with Crippen LogP contribution in [0.5, 0.6) is 0 Å². The van der Waals surface area contributed by atoms with Crippen LogP contribution < -0.4 is 10.5 Å². The molecule has 0 saturated heterocycles. The molecule has 0 saturated carbocycles. The SMILES string of the molecule is CC(NS(C)(=O)=O)C(=O)N(CCCN)Cc1ccccc1. The zero-order chi connectivity index (χ0) is 15.9. The molecular weight excluding hydrogens is 290 g/mol. The number of hydrogen-bond donors (Lipinski definition) is 2. The van der Waals surface area contributed by atoms with Gasteiger partial charge in [0.25, 0.3) is 0 Å². The minimum Gasteiger partial charge on any atom is -0.337 e. The molecule has 21 heavy (non-hydrogen) atoms. The van der Waals surface area contributed by atoms with E-state index in [-0.39, 0.29) is 5.91 Å². The third-order valence-corrected chi connectivity index (χ3v) is 3.70. The van der Waals surface area contributed by atoms with E-state index in [2.05, 4.69) is 4.72 Å². The molecule has 6 nitrogen and oxygen atoms in total. The lowest BCUT2D eigenvalue weighted by Crippen LogP contribution is -2.46. The average molecular weight is 313 g/mol. The van der Waals surface area contributed by atoms with Gasteiger partial charge in [-0.3, -0.25) is 4.79 Å². The summed E-state index contributed by atoms with van der Waals surface area (Å²) in [4.78, 5) is 14.0. The number of benzene rings is 1. The number of sulfonamides is 1. The maximum Gasteiger partial charge on any atom is 0.240 e. The molecule has 0 aliphatic carbocycles. The molecule has 1 aromatic rings. The van der Waals surface area contributed by atoms with Gasteiger partial charge < -0.3 is 10.6 Å². The van der Waals surface area contributed by atoms with Gasteiger partial charge in [0, 0.05) is 13.1 Å². The molecule has 1 amide bonds. The van der Waals surface area contributed by atoms with Crippen molar-refractivity contribution < 1.29 is 13.2 Å². The van der Waals surface area contributed by atoms with Crippen LogP contribution in [-0.2, 0) is 21.4 Å². The number of carbonyl (C=O) groups is 1. The molecule has 0 aromatic heterocycles. The second-order valence-corrected chi connectivity index (χ2v) is 6.78. The van der Waals surface area contributed by atoms with Crippen molar-refractivity contribution in [3.05, 3.63) is 35.9 Å². The summed E-state index contributed by atoms with van der Waals surface area (Å²) in [5.74, 6) is -0.252. The molecule has 0 fully saturated rings. The van der Waals surface area contributed by atoms with Gasteiger partial charge in [0.05, 0.1) is 12.3 Å². The van der Waals surface area contributed by atoms with Gasteiger partial charge in [0.15, 0.2) is 0 Å². The first-order chi connectivity index (χ1) is 9.83. The molecule has 1 atom stereocenters. The molecule has 0 bridgehead atoms. The summed E-state index contributed by atoms with van der Waals surface area (Å²) in [5.41, 5.74) is 6.49. The van der Waals surface area contributed by atoms with Crippen LogP contribution in [0.1, 0.15) is 18.9 Å². The minimum absolute atomic E-state index is 0.252. The van der Waals surface area contributed by atoms with Crippen molar-refractivity contribution in [2.45, 2.75) is 25.9 Å². The van der Waals surface area contributed by atoms with Gasteiger partial charge in [-0.15, -0.1) is 0 Å². The average Bonchev–Trinajstić information content (AvgIpc) is 2.42. The maximum absolute atomic E-state index is 12.4. The van der Waals surface area contributed by atoms with E-state index in [0.717, 1.165) is 11.8 Å². The first-order valence-electron chi connectivity index (χ1n) is 6.83. The highest BCUT2D eigenvalue weighted by Crippen LogP contribution is 2.07. The van der Waals surface area contributed by atoms with E-state index in [9.17, 15) is 13.2 Å². The highest BCUT2D eigenvalue weighted by Gasteiger charge is 2.22. The van der Waals surface area contributed by atoms with E-state index in [4.69, 9.17) is 5.73 Å². The lowest BCUT2D eigenvalue weighted by molar-refractivity contribution is -0.133. The Balaban J connectivity index is 2.78. The van der Waals surface area contributed by atoms with Crippen LogP contribution >= 0.6 is 0 Å². The van der Waals surface area contributed by atoms with Gasteiger partial charge in [-0.05, 0) is 25.5 Å². The number of hydrogen-bond acceptors (Lipinski definition) is 4. The Hall–Kier alpha value is -1.44. The molecule has 0 spiro atoms. The predicted molar refractivity (Wildman–Crippen MR) is 83.0 cm³/mol. The number of nitrogens with zero attached hydrogens (tertiary/aromatic N) is 1. The molecule has 0 aliphatic heterocycles. The molecule has 118 valence electrons. The minimum atomic E-state index is -3.42. The van der Waals surface area contributed by atoms with Crippen molar-refractivity contribution in [1.29, 1.82) is 0 Å². The first kappa shape index (κ1) is 17.6. The van der Waals surface area contributed by atoms with Crippen LogP contribution in [0.2, 0.25) is 0 Å². The standard InChI is InChI=1S/C14H23N3O3S/c1-12(16-21(2,19)20)14(18)17(10-6-9-15)11-13-7-4-3-5-8-13/h3-5,7-8,12,16H,6,9-11,15H2,1-2H3. The van der Waals surface area contributed by atoms with E-state index >= 15 is 0 Å². The number of rotatable bonds is 8. The molecule has 3 N–H and O–H groups in total. The molecule has 7 heteroatoms. The van der Waals surface area contributed by atoms with Crippen molar-refractivity contribution in [2.24, 2.45) is 5.73 Å². The number of nitrogens with two attached hydrogens (primary N) is 1. The Morgan fingerprint density at radius 3 is 2.48 bits per heavy atom. The van der Waals surface area contributed by atoms with Crippen LogP contribution in [0.4, 0.5) is 0 Å². The van der Waals surface area contributed by atoms with E-state index < -0.39 is 16.1 Å². The van der Waals surface area contributed by atoms with Crippen LogP contribution in [0.25, 0.3) is 0 Å². The van der Waals surface area contributed by atoms with Crippen LogP contribution in [-0.4, -0.2) is 44.6 Å². The summed E-state index contributed by atoms with van der Waals surface area (Å²) >= 11 is 0. The van der Waals surface area contributed by atoms with Gasteiger partial charge in [-0.2, -0.15) is 0 Å². The van der Waals surface area contributed by atoms with E-state index in [1.54, 1.807) is 11.8 Å². The van der Waals surface area contributed by atoms with Gasteiger partial charge in [-0.1, -0.05) is 30.3 Å². The Morgan fingerprint density at radius 1 is 1.33 bits per heavy atom. The van der Waals surface area contributed by atoms with Crippen molar-refractivity contribution in [1.82, 2.24) is 9.62 Å². The Morgan fingerprint density at radius 2 is 1.95 bits per heavy atom. The van der Waals surface area contributed by atoms with Crippen LogP contribution in [0.15, 0.2) is 30.3 Å². The lowest BCUT2D eigenvalue weighted by Gasteiger charge is -2.26.